The standard InChI is InChI=1S/C53H57N3O9/c1-57-46-29-27-45(28-30-46)32-58-38-48(60-33-41-19-9-3-10-20-41)47(55-56-54)37-64-53-52(63-36-44-25-15-6-16-26-44)51(62-35-43-23-13-5-14-24-43)50(61-34-42-21-11-4-12-22-42)49(65-53)39-59-31-40-17-7-2-8-18-40/h2-30,47-53H,31-39H2,1H3/t47-,48+,49+,50-,51-,52+,53+/m0/s1. The van der Waals surface area contributed by atoms with E-state index in [9.17, 15) is 5.53 Å². The molecule has 6 aromatic rings. The van der Waals surface area contributed by atoms with Gasteiger partial charge in [-0.15, -0.1) is 0 Å². The van der Waals surface area contributed by atoms with Crippen molar-refractivity contribution < 1.29 is 42.6 Å². The largest absolute Gasteiger partial charge is 0.497 e. The predicted molar refractivity (Wildman–Crippen MR) is 246 cm³/mol. The van der Waals surface area contributed by atoms with Crippen LogP contribution in [-0.2, 0) is 77.5 Å². The monoisotopic (exact) mass is 879 g/mol. The Morgan fingerprint density at radius 1 is 0.492 bits per heavy atom. The zero-order valence-corrected chi connectivity index (χ0v) is 36.7. The molecule has 0 unspecified atom stereocenters. The SMILES string of the molecule is COc1ccc(COC[C@@H](OCc2ccccc2)[C@H](CO[C@@H]2O[C@H](COCc3ccccc3)[C@H](OCc3ccccc3)[C@H](OCc3ccccc3)[C@H]2OCc2ccccc2)N=[N+]=[N-])cc1. The summed E-state index contributed by atoms with van der Waals surface area (Å²) in [5.41, 5.74) is 15.8. The molecule has 0 bridgehead atoms. The number of ether oxygens (including phenoxy) is 9. The molecule has 1 saturated heterocycles. The molecule has 1 aliphatic rings. The van der Waals surface area contributed by atoms with Gasteiger partial charge in [-0.1, -0.05) is 169 Å². The van der Waals surface area contributed by atoms with Gasteiger partial charge in [-0.25, -0.2) is 0 Å². The van der Waals surface area contributed by atoms with Gasteiger partial charge in [0, 0.05) is 4.91 Å². The molecule has 0 aromatic heterocycles. The maximum absolute atomic E-state index is 9.95. The molecule has 338 valence electrons. The van der Waals surface area contributed by atoms with Crippen LogP contribution in [0.2, 0.25) is 0 Å². The summed E-state index contributed by atoms with van der Waals surface area (Å²) in [5, 5.41) is 4.22. The summed E-state index contributed by atoms with van der Waals surface area (Å²) in [6.07, 6.45) is -4.56. The fourth-order valence-corrected chi connectivity index (χ4v) is 7.42. The third-order valence-electron chi connectivity index (χ3n) is 10.9. The molecule has 0 amide bonds. The van der Waals surface area contributed by atoms with Gasteiger partial charge in [0.15, 0.2) is 6.29 Å². The molecule has 7 atom stereocenters. The molecule has 1 fully saturated rings. The van der Waals surface area contributed by atoms with E-state index in [0.717, 1.165) is 39.1 Å². The van der Waals surface area contributed by atoms with Crippen molar-refractivity contribution >= 4 is 0 Å². The fourth-order valence-electron chi connectivity index (χ4n) is 7.42. The van der Waals surface area contributed by atoms with Gasteiger partial charge in [-0.3, -0.25) is 0 Å². The van der Waals surface area contributed by atoms with E-state index in [1.54, 1.807) is 7.11 Å². The summed E-state index contributed by atoms with van der Waals surface area (Å²) in [4.78, 5) is 3.24. The van der Waals surface area contributed by atoms with Crippen LogP contribution in [0, 0.1) is 0 Å². The molecule has 1 heterocycles. The number of hydrogen-bond acceptors (Lipinski definition) is 10. The van der Waals surface area contributed by atoms with Gasteiger partial charge in [-0.2, -0.15) is 0 Å². The molecule has 12 nitrogen and oxygen atoms in total. The normalized spacial score (nSPS) is 19.2. The number of benzene rings is 6. The Morgan fingerprint density at radius 2 is 0.938 bits per heavy atom. The molecule has 12 heteroatoms. The van der Waals surface area contributed by atoms with Crippen LogP contribution in [0.3, 0.4) is 0 Å². The maximum atomic E-state index is 9.95. The molecule has 6 aromatic carbocycles. The van der Waals surface area contributed by atoms with Crippen molar-refractivity contribution in [1.82, 2.24) is 0 Å². The highest BCUT2D eigenvalue weighted by Gasteiger charge is 2.49. The highest BCUT2D eigenvalue weighted by molar-refractivity contribution is 5.27. The Kier molecular flexibility index (Phi) is 19.0. The Bertz CT molecular complexity index is 2260. The highest BCUT2D eigenvalue weighted by atomic mass is 16.7. The van der Waals surface area contributed by atoms with Crippen LogP contribution in [0.1, 0.15) is 33.4 Å². The first-order valence-electron chi connectivity index (χ1n) is 21.9. The maximum Gasteiger partial charge on any atom is 0.186 e. The zero-order chi connectivity index (χ0) is 44.7. The Hall–Kier alpha value is -5.89. The van der Waals surface area contributed by atoms with E-state index in [1.165, 1.54) is 0 Å². The van der Waals surface area contributed by atoms with Gasteiger partial charge in [-0.05, 0) is 51.0 Å². The molecule has 0 aliphatic carbocycles. The molecule has 0 saturated carbocycles. The van der Waals surface area contributed by atoms with Gasteiger partial charge < -0.3 is 42.6 Å². The highest BCUT2D eigenvalue weighted by Crippen LogP contribution is 2.32. The van der Waals surface area contributed by atoms with Crippen LogP contribution >= 0.6 is 0 Å². The van der Waals surface area contributed by atoms with Gasteiger partial charge in [0.05, 0.1) is 78.7 Å². The smallest absolute Gasteiger partial charge is 0.186 e. The molecular weight excluding hydrogens is 823 g/mol. The van der Waals surface area contributed by atoms with E-state index in [0.29, 0.717) is 19.8 Å². The topological polar surface area (TPSA) is 132 Å². The van der Waals surface area contributed by atoms with Gasteiger partial charge in [0.2, 0.25) is 0 Å². The lowest BCUT2D eigenvalue weighted by molar-refractivity contribution is -0.329. The quantitative estimate of drug-likeness (QED) is 0.0297. The average molecular weight is 880 g/mol. The Morgan fingerprint density at radius 3 is 1.45 bits per heavy atom. The van der Waals surface area contributed by atoms with Gasteiger partial charge >= 0.3 is 0 Å². The first-order chi connectivity index (χ1) is 32.1. The van der Waals surface area contributed by atoms with Crippen molar-refractivity contribution in [1.29, 1.82) is 0 Å². The van der Waals surface area contributed by atoms with Crippen LogP contribution in [0.5, 0.6) is 5.75 Å². The van der Waals surface area contributed by atoms with Crippen molar-refractivity contribution in [3.63, 3.8) is 0 Å². The minimum absolute atomic E-state index is 0.0934. The summed E-state index contributed by atoms with van der Waals surface area (Å²) in [6, 6.07) is 56.4. The number of methoxy groups -OCH3 is 1. The van der Waals surface area contributed by atoms with Crippen LogP contribution < -0.4 is 4.74 Å². The molecule has 0 radical (unpaired) electrons. The van der Waals surface area contributed by atoms with Crippen LogP contribution in [-0.4, -0.2) is 69.8 Å². The average Bonchev–Trinajstić information content (AvgIpc) is 3.36. The zero-order valence-electron chi connectivity index (χ0n) is 36.7. The Balaban J connectivity index is 1.17. The second kappa shape index (κ2) is 26.2. The summed E-state index contributed by atoms with van der Waals surface area (Å²) in [6.45, 7) is 1.90. The molecule has 1 aliphatic heterocycles. The van der Waals surface area contributed by atoms with Crippen molar-refractivity contribution in [3.8, 4) is 5.75 Å². The van der Waals surface area contributed by atoms with E-state index >= 15 is 0 Å². The third-order valence-corrected chi connectivity index (χ3v) is 10.9. The second-order valence-electron chi connectivity index (χ2n) is 15.6. The van der Waals surface area contributed by atoms with Gasteiger partial charge in [0.1, 0.15) is 30.2 Å². The molecule has 0 N–H and O–H groups in total. The van der Waals surface area contributed by atoms with Crippen molar-refractivity contribution in [3.05, 3.63) is 220 Å². The van der Waals surface area contributed by atoms with E-state index in [4.69, 9.17) is 42.6 Å². The predicted octanol–water partition coefficient (Wildman–Crippen LogP) is 10.2. The van der Waals surface area contributed by atoms with E-state index in [-0.39, 0.29) is 39.6 Å². The number of rotatable bonds is 26. The summed E-state index contributed by atoms with van der Waals surface area (Å²) >= 11 is 0. The van der Waals surface area contributed by atoms with Crippen molar-refractivity contribution in [2.45, 2.75) is 82.5 Å². The first kappa shape index (κ1) is 47.1. The number of hydrogen-bond donors (Lipinski definition) is 0. The first-order valence-corrected chi connectivity index (χ1v) is 21.9. The lowest BCUT2D eigenvalue weighted by Crippen LogP contribution is -2.62. The number of nitrogens with zero attached hydrogens (tertiary/aromatic N) is 3. The summed E-state index contributed by atoms with van der Waals surface area (Å²) in [5.74, 6) is 0.751. The van der Waals surface area contributed by atoms with Crippen molar-refractivity contribution in [2.24, 2.45) is 5.11 Å². The second-order valence-corrected chi connectivity index (χ2v) is 15.6. The molecular formula is C53H57N3O9. The Labute approximate surface area is 381 Å². The lowest BCUT2D eigenvalue weighted by atomic mass is 9.97. The van der Waals surface area contributed by atoms with E-state index < -0.39 is 42.9 Å². The van der Waals surface area contributed by atoms with Crippen LogP contribution in [0.4, 0.5) is 0 Å². The van der Waals surface area contributed by atoms with E-state index in [2.05, 4.69) is 10.0 Å². The fraction of sp³-hybridized carbons (Fsp3) is 0.321. The van der Waals surface area contributed by atoms with E-state index in [1.807, 2.05) is 176 Å². The summed E-state index contributed by atoms with van der Waals surface area (Å²) < 4.78 is 58.6. The molecule has 65 heavy (non-hydrogen) atoms. The molecule has 7 rings (SSSR count). The lowest BCUT2D eigenvalue weighted by Gasteiger charge is -2.46. The minimum atomic E-state index is -1.02. The number of azide groups is 1. The molecule has 0 spiro atoms. The van der Waals surface area contributed by atoms with Crippen LogP contribution in [0.25, 0.3) is 10.4 Å². The summed E-state index contributed by atoms with van der Waals surface area (Å²) in [7, 11) is 1.63. The van der Waals surface area contributed by atoms with Crippen LogP contribution in [0.15, 0.2) is 181 Å². The minimum Gasteiger partial charge on any atom is -0.497 e. The van der Waals surface area contributed by atoms with Gasteiger partial charge in [0.25, 0.3) is 0 Å². The third kappa shape index (κ3) is 15.1. The van der Waals surface area contributed by atoms with Crippen molar-refractivity contribution in [2.75, 3.05) is 26.9 Å².